The van der Waals surface area contributed by atoms with Crippen molar-refractivity contribution < 1.29 is 14.2 Å². The first kappa shape index (κ1) is 25.3. The molecule has 0 radical (unpaired) electrons. The largest absolute Gasteiger partial charge is 0.493 e. The molecule has 0 aliphatic carbocycles. The molecule has 0 fully saturated rings. The second-order valence-electron chi connectivity index (χ2n) is 6.04. The summed E-state index contributed by atoms with van der Waals surface area (Å²) in [5.74, 6) is 2.10. The van der Waals surface area contributed by atoms with Crippen LogP contribution in [0.5, 0.6) is 11.5 Å². The van der Waals surface area contributed by atoms with Gasteiger partial charge in [0.1, 0.15) is 0 Å². The molecule has 0 amide bonds. The quantitative estimate of drug-likeness (QED) is 0.284. The zero-order chi connectivity index (χ0) is 20.4. The summed E-state index contributed by atoms with van der Waals surface area (Å²) in [4.78, 5) is 4.65. The van der Waals surface area contributed by atoms with Crippen molar-refractivity contribution in [1.29, 1.82) is 0 Å². The zero-order valence-corrected chi connectivity index (χ0v) is 20.3. The van der Waals surface area contributed by atoms with Crippen molar-refractivity contribution in [2.45, 2.75) is 19.6 Å². The topological polar surface area (TPSA) is 64.1 Å². The maximum absolute atomic E-state index is 6.09. The standard InChI is InChI=1S/C21H28ClN3O3.HI/c1-5-23-21(24-13-15-9-10-18(26-2)19(11-15)27-3)25-14-20(28-4)16-7-6-8-17(22)12-16;/h6-12,20H,5,13-14H2,1-4H3,(H2,23,24,25);1H. The smallest absolute Gasteiger partial charge is 0.191 e. The van der Waals surface area contributed by atoms with Crippen LogP contribution in [0.4, 0.5) is 0 Å². The van der Waals surface area contributed by atoms with Crippen LogP contribution < -0.4 is 20.1 Å². The van der Waals surface area contributed by atoms with E-state index >= 15 is 0 Å². The van der Waals surface area contributed by atoms with Crippen LogP contribution in [0, 0.1) is 0 Å². The van der Waals surface area contributed by atoms with Gasteiger partial charge in [-0.05, 0) is 42.3 Å². The van der Waals surface area contributed by atoms with Crippen LogP contribution in [0.25, 0.3) is 0 Å². The minimum atomic E-state index is -0.136. The summed E-state index contributed by atoms with van der Waals surface area (Å²) in [5, 5.41) is 7.26. The second kappa shape index (κ2) is 13.5. The normalized spacial score (nSPS) is 12.0. The van der Waals surface area contributed by atoms with Crippen molar-refractivity contribution in [2.75, 3.05) is 34.4 Å². The number of hydrogen-bond acceptors (Lipinski definition) is 4. The first-order chi connectivity index (χ1) is 13.6. The van der Waals surface area contributed by atoms with E-state index in [0.717, 1.165) is 17.7 Å². The van der Waals surface area contributed by atoms with Gasteiger partial charge in [-0.15, -0.1) is 24.0 Å². The van der Waals surface area contributed by atoms with Gasteiger partial charge in [0, 0.05) is 25.2 Å². The predicted molar refractivity (Wildman–Crippen MR) is 129 cm³/mol. The lowest BCUT2D eigenvalue weighted by Gasteiger charge is -2.19. The Balaban J connectivity index is 0.00000420. The molecule has 2 aromatic rings. The fraction of sp³-hybridized carbons (Fsp3) is 0.381. The summed E-state index contributed by atoms with van der Waals surface area (Å²) in [5.41, 5.74) is 2.03. The van der Waals surface area contributed by atoms with Crippen LogP contribution in [0.2, 0.25) is 5.02 Å². The van der Waals surface area contributed by atoms with Crippen LogP contribution in [-0.4, -0.2) is 40.4 Å². The highest BCUT2D eigenvalue weighted by Gasteiger charge is 2.12. The fourth-order valence-corrected chi connectivity index (χ4v) is 2.92. The Hall–Kier alpha value is -1.71. The van der Waals surface area contributed by atoms with E-state index in [-0.39, 0.29) is 30.1 Å². The van der Waals surface area contributed by atoms with Gasteiger partial charge >= 0.3 is 0 Å². The minimum absolute atomic E-state index is 0. The third-order valence-electron chi connectivity index (χ3n) is 4.17. The Kier molecular flexibility index (Phi) is 11.8. The van der Waals surface area contributed by atoms with Crippen molar-refractivity contribution in [1.82, 2.24) is 10.6 Å². The number of nitrogens with one attached hydrogen (secondary N) is 2. The Labute approximate surface area is 195 Å². The van der Waals surface area contributed by atoms with Crippen LogP contribution >= 0.6 is 35.6 Å². The number of hydrogen-bond donors (Lipinski definition) is 2. The fourth-order valence-electron chi connectivity index (χ4n) is 2.72. The molecule has 0 aliphatic rings. The van der Waals surface area contributed by atoms with Crippen molar-refractivity contribution in [3.8, 4) is 11.5 Å². The SMILES string of the molecule is CCNC(=NCc1ccc(OC)c(OC)c1)NCC(OC)c1cccc(Cl)c1.I. The van der Waals surface area contributed by atoms with E-state index < -0.39 is 0 Å². The highest BCUT2D eigenvalue weighted by molar-refractivity contribution is 14.0. The molecule has 8 heteroatoms. The molecule has 0 spiro atoms. The van der Waals surface area contributed by atoms with Gasteiger partial charge in [-0.1, -0.05) is 29.8 Å². The molecular weight excluding hydrogens is 505 g/mol. The van der Waals surface area contributed by atoms with Crippen molar-refractivity contribution in [3.05, 3.63) is 58.6 Å². The van der Waals surface area contributed by atoms with Gasteiger partial charge < -0.3 is 24.8 Å². The molecule has 6 nitrogen and oxygen atoms in total. The predicted octanol–water partition coefficient (Wildman–Crippen LogP) is 4.42. The second-order valence-corrected chi connectivity index (χ2v) is 6.48. The molecule has 0 bridgehead atoms. The molecule has 29 heavy (non-hydrogen) atoms. The maximum atomic E-state index is 6.09. The molecule has 1 unspecified atom stereocenters. The number of nitrogens with zero attached hydrogens (tertiary/aromatic N) is 1. The lowest BCUT2D eigenvalue weighted by atomic mass is 10.1. The summed E-state index contributed by atoms with van der Waals surface area (Å²) in [6, 6.07) is 13.4. The van der Waals surface area contributed by atoms with Gasteiger partial charge in [0.2, 0.25) is 0 Å². The summed E-state index contributed by atoms with van der Waals surface area (Å²) in [6.45, 7) is 3.85. The number of methoxy groups -OCH3 is 3. The Morgan fingerprint density at radius 3 is 2.41 bits per heavy atom. The number of halogens is 2. The number of benzene rings is 2. The molecule has 160 valence electrons. The molecule has 0 aliphatic heterocycles. The lowest BCUT2D eigenvalue weighted by Crippen LogP contribution is -2.39. The third-order valence-corrected chi connectivity index (χ3v) is 4.41. The zero-order valence-electron chi connectivity index (χ0n) is 17.2. The van der Waals surface area contributed by atoms with Gasteiger partial charge in [0.15, 0.2) is 17.5 Å². The third kappa shape index (κ3) is 7.91. The first-order valence-corrected chi connectivity index (χ1v) is 9.50. The van der Waals surface area contributed by atoms with Crippen LogP contribution in [0.1, 0.15) is 24.2 Å². The molecular formula is C21H29ClIN3O3. The molecule has 2 rings (SSSR count). The highest BCUT2D eigenvalue weighted by atomic mass is 127. The van der Waals surface area contributed by atoms with E-state index in [1.165, 1.54) is 0 Å². The van der Waals surface area contributed by atoms with E-state index in [1.54, 1.807) is 21.3 Å². The van der Waals surface area contributed by atoms with Gasteiger partial charge in [0.05, 0.1) is 26.9 Å². The first-order valence-electron chi connectivity index (χ1n) is 9.12. The van der Waals surface area contributed by atoms with Crippen LogP contribution in [0.3, 0.4) is 0 Å². The molecule has 2 N–H and O–H groups in total. The summed E-state index contributed by atoms with van der Waals surface area (Å²) < 4.78 is 16.2. The van der Waals surface area contributed by atoms with Gasteiger partial charge in [-0.2, -0.15) is 0 Å². The minimum Gasteiger partial charge on any atom is -0.493 e. The highest BCUT2D eigenvalue weighted by Crippen LogP contribution is 2.27. The van der Waals surface area contributed by atoms with E-state index in [9.17, 15) is 0 Å². The lowest BCUT2D eigenvalue weighted by molar-refractivity contribution is 0.106. The molecule has 1 atom stereocenters. The van der Waals surface area contributed by atoms with E-state index in [0.29, 0.717) is 35.6 Å². The summed E-state index contributed by atoms with van der Waals surface area (Å²) in [7, 11) is 4.92. The van der Waals surface area contributed by atoms with E-state index in [1.807, 2.05) is 49.4 Å². The number of ether oxygens (including phenoxy) is 3. The van der Waals surface area contributed by atoms with Crippen LogP contribution in [-0.2, 0) is 11.3 Å². The van der Waals surface area contributed by atoms with Gasteiger partial charge in [0.25, 0.3) is 0 Å². The maximum Gasteiger partial charge on any atom is 0.191 e. The summed E-state index contributed by atoms with van der Waals surface area (Å²) in [6.07, 6.45) is -0.136. The molecule has 2 aromatic carbocycles. The van der Waals surface area contributed by atoms with Crippen LogP contribution in [0.15, 0.2) is 47.5 Å². The van der Waals surface area contributed by atoms with Crippen molar-refractivity contribution >= 4 is 41.5 Å². The van der Waals surface area contributed by atoms with E-state index in [2.05, 4.69) is 15.6 Å². The average molecular weight is 534 g/mol. The number of guanidine groups is 1. The molecule has 0 saturated heterocycles. The van der Waals surface area contributed by atoms with Crippen molar-refractivity contribution in [3.63, 3.8) is 0 Å². The molecule has 0 saturated carbocycles. The Morgan fingerprint density at radius 1 is 1.03 bits per heavy atom. The Bertz CT molecular complexity index is 790. The average Bonchev–Trinajstić information content (AvgIpc) is 2.72. The number of aliphatic imine (C=N–C) groups is 1. The van der Waals surface area contributed by atoms with Crippen molar-refractivity contribution in [2.24, 2.45) is 4.99 Å². The molecule has 0 heterocycles. The van der Waals surface area contributed by atoms with E-state index in [4.69, 9.17) is 25.8 Å². The molecule has 0 aromatic heterocycles. The Morgan fingerprint density at radius 2 is 1.79 bits per heavy atom. The summed E-state index contributed by atoms with van der Waals surface area (Å²) >= 11 is 6.09. The monoisotopic (exact) mass is 533 g/mol. The number of rotatable bonds is 9. The van der Waals surface area contributed by atoms with Gasteiger partial charge in [-0.25, -0.2) is 4.99 Å². The van der Waals surface area contributed by atoms with Gasteiger partial charge in [-0.3, -0.25) is 0 Å².